The van der Waals surface area contributed by atoms with Crippen molar-refractivity contribution < 1.29 is 18.7 Å². The van der Waals surface area contributed by atoms with Crippen molar-refractivity contribution in [3.63, 3.8) is 0 Å². The Balaban J connectivity index is 1.71. The van der Waals surface area contributed by atoms with Crippen LogP contribution >= 0.6 is 11.8 Å². The maximum Gasteiger partial charge on any atom is 0.238 e. The van der Waals surface area contributed by atoms with E-state index in [-0.39, 0.29) is 24.1 Å². The molecule has 1 atom stereocenters. The minimum absolute atomic E-state index is 0.0878. The quantitative estimate of drug-likeness (QED) is 0.699. The second-order valence-corrected chi connectivity index (χ2v) is 7.85. The fraction of sp³-hybridized carbons (Fsp3) is 0.318. The van der Waals surface area contributed by atoms with E-state index >= 15 is 0 Å². The first-order valence-electron chi connectivity index (χ1n) is 9.85. The lowest BCUT2D eigenvalue weighted by molar-refractivity contribution is -0.129. The number of thioether (sulfide) groups is 1. The van der Waals surface area contributed by atoms with E-state index in [0.717, 1.165) is 12.2 Å². The number of aliphatic imine (C=N–C) groups is 1. The molecular formula is C22H24FN3O3S. The van der Waals surface area contributed by atoms with E-state index in [4.69, 9.17) is 4.74 Å². The predicted octanol–water partition coefficient (Wildman–Crippen LogP) is 4.59. The third kappa shape index (κ3) is 5.60. The van der Waals surface area contributed by atoms with E-state index < -0.39 is 5.25 Å². The monoisotopic (exact) mass is 429 g/mol. The number of amides is 2. The topological polar surface area (TPSA) is 71.0 Å². The molecule has 0 radical (unpaired) electrons. The van der Waals surface area contributed by atoms with Crippen LogP contribution in [-0.2, 0) is 9.59 Å². The fourth-order valence-electron chi connectivity index (χ4n) is 2.86. The summed E-state index contributed by atoms with van der Waals surface area (Å²) in [5.41, 5.74) is 1.15. The highest BCUT2D eigenvalue weighted by Crippen LogP contribution is 2.30. The van der Waals surface area contributed by atoms with Crippen LogP contribution < -0.4 is 10.1 Å². The summed E-state index contributed by atoms with van der Waals surface area (Å²) in [5.74, 6) is -0.0508. The molecular weight excluding hydrogens is 405 g/mol. The standard InChI is InChI=1S/C22H24FN3O3S/c1-3-13-29-18-11-9-16(10-12-18)24-21(28)19-14-20(27)26(4-2)22(30-19)25-17-7-5-15(23)6-8-17/h5-12,19H,3-4,13-14H2,1-2H3,(H,24,28)/t19-/m0/s1. The van der Waals surface area contributed by atoms with Crippen LogP contribution in [0.5, 0.6) is 5.75 Å². The van der Waals surface area contributed by atoms with Crippen molar-refractivity contribution in [2.45, 2.75) is 31.9 Å². The van der Waals surface area contributed by atoms with Crippen LogP contribution in [0.1, 0.15) is 26.7 Å². The average molecular weight is 430 g/mol. The van der Waals surface area contributed by atoms with Gasteiger partial charge in [-0.15, -0.1) is 0 Å². The van der Waals surface area contributed by atoms with Gasteiger partial charge in [-0.3, -0.25) is 14.5 Å². The summed E-state index contributed by atoms with van der Waals surface area (Å²) in [5, 5.41) is 2.68. The summed E-state index contributed by atoms with van der Waals surface area (Å²) < 4.78 is 18.7. The van der Waals surface area contributed by atoms with Gasteiger partial charge in [-0.25, -0.2) is 9.38 Å². The minimum Gasteiger partial charge on any atom is -0.494 e. The third-order valence-electron chi connectivity index (χ3n) is 4.39. The van der Waals surface area contributed by atoms with Gasteiger partial charge in [-0.05, 0) is 61.9 Å². The molecule has 1 aliphatic heterocycles. The first kappa shape index (κ1) is 21.8. The summed E-state index contributed by atoms with van der Waals surface area (Å²) in [6.45, 7) is 4.96. The summed E-state index contributed by atoms with van der Waals surface area (Å²) in [4.78, 5) is 31.3. The molecule has 1 heterocycles. The number of amidine groups is 1. The fourth-order valence-corrected chi connectivity index (χ4v) is 4.02. The SMILES string of the molecule is CCCOc1ccc(NC(=O)[C@@H]2CC(=O)N(CC)C(=Nc3ccc(F)cc3)S2)cc1. The Kier molecular flexibility index (Phi) is 7.46. The van der Waals surface area contributed by atoms with Crippen molar-refractivity contribution in [1.29, 1.82) is 0 Å². The van der Waals surface area contributed by atoms with E-state index in [2.05, 4.69) is 10.3 Å². The van der Waals surface area contributed by atoms with Crippen LogP contribution in [0.25, 0.3) is 0 Å². The number of nitrogens with one attached hydrogen (secondary N) is 1. The molecule has 0 unspecified atom stereocenters. The lowest BCUT2D eigenvalue weighted by atomic mass is 10.2. The molecule has 0 spiro atoms. The number of carbonyl (C=O) groups is 2. The maximum atomic E-state index is 13.2. The highest BCUT2D eigenvalue weighted by atomic mass is 32.2. The molecule has 2 aromatic carbocycles. The Labute approximate surface area is 179 Å². The second kappa shape index (κ2) is 10.2. The molecule has 0 aromatic heterocycles. The summed E-state index contributed by atoms with van der Waals surface area (Å²) in [7, 11) is 0. The van der Waals surface area contributed by atoms with Crippen molar-refractivity contribution in [2.75, 3.05) is 18.5 Å². The Hall–Kier alpha value is -2.87. The van der Waals surface area contributed by atoms with Crippen LogP contribution in [0.4, 0.5) is 15.8 Å². The Morgan fingerprint density at radius 3 is 2.53 bits per heavy atom. The van der Waals surface area contributed by atoms with E-state index in [9.17, 15) is 14.0 Å². The molecule has 1 aliphatic rings. The Morgan fingerprint density at radius 2 is 1.90 bits per heavy atom. The molecule has 30 heavy (non-hydrogen) atoms. The van der Waals surface area contributed by atoms with Crippen molar-refractivity contribution in [3.8, 4) is 5.75 Å². The number of benzene rings is 2. The number of ether oxygens (including phenoxy) is 1. The lowest BCUT2D eigenvalue weighted by Crippen LogP contribution is -2.45. The Morgan fingerprint density at radius 1 is 1.20 bits per heavy atom. The van der Waals surface area contributed by atoms with Crippen LogP contribution in [0, 0.1) is 5.82 Å². The van der Waals surface area contributed by atoms with Gasteiger partial charge >= 0.3 is 0 Å². The summed E-state index contributed by atoms with van der Waals surface area (Å²) in [6, 6.07) is 12.8. The molecule has 2 amide bonds. The smallest absolute Gasteiger partial charge is 0.238 e. The van der Waals surface area contributed by atoms with Crippen molar-refractivity contribution in [3.05, 3.63) is 54.3 Å². The number of hydrogen-bond acceptors (Lipinski definition) is 5. The second-order valence-electron chi connectivity index (χ2n) is 6.68. The molecule has 0 saturated carbocycles. The van der Waals surface area contributed by atoms with Crippen LogP contribution in [0.2, 0.25) is 0 Å². The Bertz CT molecular complexity index is 916. The van der Waals surface area contributed by atoms with E-state index in [0.29, 0.717) is 29.7 Å². The highest BCUT2D eigenvalue weighted by molar-refractivity contribution is 8.15. The average Bonchev–Trinajstić information content (AvgIpc) is 2.74. The summed E-state index contributed by atoms with van der Waals surface area (Å²) in [6.07, 6.45) is 1.01. The van der Waals surface area contributed by atoms with Gasteiger partial charge in [0.05, 0.1) is 12.3 Å². The molecule has 1 fully saturated rings. The van der Waals surface area contributed by atoms with Gasteiger partial charge in [-0.2, -0.15) is 0 Å². The van der Waals surface area contributed by atoms with E-state index in [1.165, 1.54) is 40.9 Å². The summed E-state index contributed by atoms with van der Waals surface area (Å²) >= 11 is 1.23. The highest BCUT2D eigenvalue weighted by Gasteiger charge is 2.35. The van der Waals surface area contributed by atoms with E-state index in [1.54, 1.807) is 24.3 Å². The van der Waals surface area contributed by atoms with Crippen LogP contribution in [0.3, 0.4) is 0 Å². The molecule has 8 heteroatoms. The molecule has 158 valence electrons. The number of rotatable bonds is 7. The molecule has 0 bridgehead atoms. The number of carbonyl (C=O) groups excluding carboxylic acids is 2. The van der Waals surface area contributed by atoms with Crippen LogP contribution in [-0.4, -0.2) is 40.3 Å². The van der Waals surface area contributed by atoms with Crippen molar-refractivity contribution >= 4 is 40.1 Å². The zero-order valence-corrected chi connectivity index (χ0v) is 17.7. The number of hydrogen-bond donors (Lipinski definition) is 1. The molecule has 1 saturated heterocycles. The third-order valence-corrected chi connectivity index (χ3v) is 5.58. The van der Waals surface area contributed by atoms with Crippen molar-refractivity contribution in [2.24, 2.45) is 4.99 Å². The number of halogens is 1. The number of anilines is 1. The minimum atomic E-state index is -0.601. The van der Waals surface area contributed by atoms with Gasteiger partial charge in [0, 0.05) is 18.7 Å². The van der Waals surface area contributed by atoms with Crippen molar-refractivity contribution in [1.82, 2.24) is 4.90 Å². The van der Waals surface area contributed by atoms with Gasteiger partial charge in [0.15, 0.2) is 5.17 Å². The van der Waals surface area contributed by atoms with E-state index in [1.807, 2.05) is 13.8 Å². The van der Waals surface area contributed by atoms with Gasteiger partial charge in [-0.1, -0.05) is 18.7 Å². The number of nitrogens with zero attached hydrogens (tertiary/aromatic N) is 2. The lowest BCUT2D eigenvalue weighted by Gasteiger charge is -2.30. The predicted molar refractivity (Wildman–Crippen MR) is 118 cm³/mol. The first-order valence-corrected chi connectivity index (χ1v) is 10.7. The molecule has 0 aliphatic carbocycles. The normalized spacial score (nSPS) is 17.8. The van der Waals surface area contributed by atoms with Gasteiger partial charge < -0.3 is 10.1 Å². The molecule has 1 N–H and O–H groups in total. The largest absolute Gasteiger partial charge is 0.494 e. The first-order chi connectivity index (χ1) is 14.5. The zero-order valence-electron chi connectivity index (χ0n) is 16.9. The molecule has 3 rings (SSSR count). The molecule has 2 aromatic rings. The van der Waals surface area contributed by atoms with Gasteiger partial charge in [0.1, 0.15) is 16.8 Å². The van der Waals surface area contributed by atoms with Gasteiger partial charge in [0.25, 0.3) is 0 Å². The van der Waals surface area contributed by atoms with Crippen LogP contribution in [0.15, 0.2) is 53.5 Å². The molecule has 6 nitrogen and oxygen atoms in total. The van der Waals surface area contributed by atoms with Gasteiger partial charge in [0.2, 0.25) is 11.8 Å². The maximum absolute atomic E-state index is 13.2. The zero-order chi connectivity index (χ0) is 21.5.